The second kappa shape index (κ2) is 6.28. The molecule has 4 nitrogen and oxygen atoms in total. The number of nitrogens with one attached hydrogen (secondary N) is 1. The molecule has 0 aliphatic heterocycles. The van der Waals surface area contributed by atoms with Crippen LogP contribution in [0, 0.1) is 0 Å². The predicted octanol–water partition coefficient (Wildman–Crippen LogP) is 4.36. The number of para-hydroxylation sites is 1. The van der Waals surface area contributed by atoms with Crippen molar-refractivity contribution >= 4 is 40.0 Å². The number of fused-ring (bicyclic) bond motifs is 1. The van der Waals surface area contributed by atoms with Crippen molar-refractivity contribution in [2.45, 2.75) is 13.5 Å². The summed E-state index contributed by atoms with van der Waals surface area (Å²) in [5.74, 6) is 0.882. The van der Waals surface area contributed by atoms with Gasteiger partial charge in [-0.3, -0.25) is 0 Å². The normalized spacial score (nSPS) is 10.8. The minimum absolute atomic E-state index is 0.618. The third-order valence-corrected chi connectivity index (χ3v) is 3.96. The van der Waals surface area contributed by atoms with E-state index < -0.39 is 0 Å². The summed E-state index contributed by atoms with van der Waals surface area (Å²) in [6.07, 6.45) is 0. The van der Waals surface area contributed by atoms with Crippen molar-refractivity contribution in [3.8, 4) is 5.75 Å². The lowest BCUT2D eigenvalue weighted by Gasteiger charge is -2.12. The average molecular weight is 320 g/mol. The molecule has 2 aromatic carbocycles. The highest BCUT2D eigenvalue weighted by molar-refractivity contribution is 7.00. The first-order valence-corrected chi connectivity index (χ1v) is 7.75. The molecule has 1 N–H and O–H groups in total. The minimum Gasteiger partial charge on any atom is -0.494 e. The molecule has 1 heterocycles. The Hall–Kier alpha value is -1.85. The Labute approximate surface area is 132 Å². The maximum atomic E-state index is 6.27. The zero-order valence-corrected chi connectivity index (χ0v) is 13.0. The van der Waals surface area contributed by atoms with Gasteiger partial charge in [-0.2, -0.15) is 8.75 Å². The summed E-state index contributed by atoms with van der Waals surface area (Å²) < 4.78 is 14.2. The van der Waals surface area contributed by atoms with Gasteiger partial charge >= 0.3 is 0 Å². The first-order valence-electron chi connectivity index (χ1n) is 6.65. The molecule has 1 aromatic heterocycles. The van der Waals surface area contributed by atoms with Crippen molar-refractivity contribution in [2.24, 2.45) is 0 Å². The van der Waals surface area contributed by atoms with Crippen LogP contribution in [0.2, 0.25) is 5.02 Å². The summed E-state index contributed by atoms with van der Waals surface area (Å²) >= 11 is 7.46. The molecular formula is C15H14ClN3OS. The topological polar surface area (TPSA) is 47.0 Å². The molecule has 0 saturated carbocycles. The minimum atomic E-state index is 0.618. The Balaban J connectivity index is 1.87. The van der Waals surface area contributed by atoms with Gasteiger partial charge in [0.2, 0.25) is 0 Å². The lowest BCUT2D eigenvalue weighted by atomic mass is 10.2. The molecule has 0 saturated heterocycles. The zero-order chi connectivity index (χ0) is 14.7. The van der Waals surface area contributed by atoms with Gasteiger partial charge in [-0.25, -0.2) is 0 Å². The van der Waals surface area contributed by atoms with Crippen molar-refractivity contribution in [1.29, 1.82) is 0 Å². The van der Waals surface area contributed by atoms with E-state index in [1.807, 2.05) is 43.3 Å². The van der Waals surface area contributed by atoms with Crippen LogP contribution < -0.4 is 10.1 Å². The fourth-order valence-electron chi connectivity index (χ4n) is 2.12. The first kappa shape index (κ1) is 14.1. The number of anilines is 1. The van der Waals surface area contributed by atoms with Crippen LogP contribution in [0.3, 0.4) is 0 Å². The molecule has 21 heavy (non-hydrogen) atoms. The SMILES string of the molecule is CCOc1ccccc1CNc1c(Cl)ccc2nsnc12. The monoisotopic (exact) mass is 319 g/mol. The van der Waals surface area contributed by atoms with Gasteiger partial charge in [0.25, 0.3) is 0 Å². The summed E-state index contributed by atoms with van der Waals surface area (Å²) in [5.41, 5.74) is 3.55. The van der Waals surface area contributed by atoms with Crippen LogP contribution in [-0.2, 0) is 6.54 Å². The van der Waals surface area contributed by atoms with E-state index in [-0.39, 0.29) is 0 Å². The number of halogens is 1. The molecule has 3 aromatic rings. The first-order chi connectivity index (χ1) is 10.3. The maximum Gasteiger partial charge on any atom is 0.129 e. The van der Waals surface area contributed by atoms with Crippen LogP contribution in [0.5, 0.6) is 5.75 Å². The average Bonchev–Trinajstić information content (AvgIpc) is 2.96. The highest BCUT2D eigenvalue weighted by Gasteiger charge is 2.10. The van der Waals surface area contributed by atoms with E-state index in [2.05, 4.69) is 14.1 Å². The van der Waals surface area contributed by atoms with Crippen LogP contribution >= 0.6 is 23.3 Å². The molecule has 3 rings (SSSR count). The van der Waals surface area contributed by atoms with Gasteiger partial charge in [0, 0.05) is 12.1 Å². The molecule has 0 atom stereocenters. The smallest absolute Gasteiger partial charge is 0.129 e. The van der Waals surface area contributed by atoms with Gasteiger partial charge in [-0.05, 0) is 25.1 Å². The van der Waals surface area contributed by atoms with Crippen LogP contribution in [0.1, 0.15) is 12.5 Å². The zero-order valence-electron chi connectivity index (χ0n) is 11.5. The van der Waals surface area contributed by atoms with E-state index in [0.717, 1.165) is 28.0 Å². The molecule has 0 aliphatic rings. The van der Waals surface area contributed by atoms with Crippen molar-refractivity contribution < 1.29 is 4.74 Å². The van der Waals surface area contributed by atoms with E-state index in [0.29, 0.717) is 18.2 Å². The van der Waals surface area contributed by atoms with Crippen molar-refractivity contribution in [1.82, 2.24) is 8.75 Å². The summed E-state index contributed by atoms with van der Waals surface area (Å²) in [4.78, 5) is 0. The van der Waals surface area contributed by atoms with E-state index in [1.54, 1.807) is 0 Å². The van der Waals surface area contributed by atoms with Crippen LogP contribution in [0.4, 0.5) is 5.69 Å². The summed E-state index contributed by atoms with van der Waals surface area (Å²) in [6, 6.07) is 11.7. The van der Waals surface area contributed by atoms with E-state index >= 15 is 0 Å². The summed E-state index contributed by atoms with van der Waals surface area (Å²) in [6.45, 7) is 3.23. The van der Waals surface area contributed by atoms with E-state index in [4.69, 9.17) is 16.3 Å². The van der Waals surface area contributed by atoms with Gasteiger partial charge in [0.15, 0.2) is 0 Å². The van der Waals surface area contributed by atoms with Crippen molar-refractivity contribution in [3.05, 3.63) is 47.0 Å². The summed E-state index contributed by atoms with van der Waals surface area (Å²) in [7, 11) is 0. The number of rotatable bonds is 5. The van der Waals surface area contributed by atoms with Crippen LogP contribution in [-0.4, -0.2) is 15.4 Å². The second-order valence-electron chi connectivity index (χ2n) is 4.45. The highest BCUT2D eigenvalue weighted by Crippen LogP contribution is 2.31. The molecule has 108 valence electrons. The van der Waals surface area contributed by atoms with E-state index in [1.165, 1.54) is 11.7 Å². The number of aromatic nitrogens is 2. The highest BCUT2D eigenvalue weighted by atomic mass is 35.5. The predicted molar refractivity (Wildman–Crippen MR) is 87.4 cm³/mol. The maximum absolute atomic E-state index is 6.27. The fraction of sp³-hybridized carbons (Fsp3) is 0.200. The van der Waals surface area contributed by atoms with Crippen molar-refractivity contribution in [2.75, 3.05) is 11.9 Å². The number of benzene rings is 2. The quantitative estimate of drug-likeness (QED) is 0.759. The third kappa shape index (κ3) is 2.94. The Morgan fingerprint density at radius 2 is 2.05 bits per heavy atom. The second-order valence-corrected chi connectivity index (χ2v) is 5.38. The van der Waals surface area contributed by atoms with Gasteiger partial charge < -0.3 is 10.1 Å². The Kier molecular flexibility index (Phi) is 4.22. The molecule has 6 heteroatoms. The van der Waals surface area contributed by atoms with Gasteiger partial charge in [0.1, 0.15) is 16.8 Å². The summed E-state index contributed by atoms with van der Waals surface area (Å²) in [5, 5.41) is 3.99. The molecule has 0 radical (unpaired) electrons. The molecule has 0 spiro atoms. The number of hydrogen-bond acceptors (Lipinski definition) is 5. The van der Waals surface area contributed by atoms with Gasteiger partial charge in [0.05, 0.1) is 29.0 Å². The van der Waals surface area contributed by atoms with E-state index in [9.17, 15) is 0 Å². The Morgan fingerprint density at radius 3 is 2.90 bits per heavy atom. The lowest BCUT2D eigenvalue weighted by Crippen LogP contribution is -2.04. The molecule has 0 aliphatic carbocycles. The third-order valence-electron chi connectivity index (χ3n) is 3.11. The molecular weight excluding hydrogens is 306 g/mol. The van der Waals surface area contributed by atoms with Crippen LogP contribution in [0.25, 0.3) is 11.0 Å². The number of nitrogens with zero attached hydrogens (tertiary/aromatic N) is 2. The Morgan fingerprint density at radius 1 is 1.19 bits per heavy atom. The standard InChI is InChI=1S/C15H14ClN3OS/c1-2-20-13-6-4-3-5-10(13)9-17-14-11(16)7-8-12-15(14)19-21-18-12/h3-8,17H,2,9H2,1H3. The van der Waals surface area contributed by atoms with Gasteiger partial charge in [-0.1, -0.05) is 29.8 Å². The molecule has 0 amide bonds. The van der Waals surface area contributed by atoms with Crippen LogP contribution in [0.15, 0.2) is 36.4 Å². The fourth-order valence-corrected chi connectivity index (χ4v) is 2.89. The number of ether oxygens (including phenoxy) is 1. The largest absolute Gasteiger partial charge is 0.494 e. The molecule has 0 bridgehead atoms. The molecule has 0 unspecified atom stereocenters. The van der Waals surface area contributed by atoms with Gasteiger partial charge in [-0.15, -0.1) is 0 Å². The molecule has 0 fully saturated rings. The number of hydrogen-bond donors (Lipinski definition) is 1. The van der Waals surface area contributed by atoms with Crippen molar-refractivity contribution in [3.63, 3.8) is 0 Å². The lowest BCUT2D eigenvalue weighted by molar-refractivity contribution is 0.337. The Bertz CT molecular complexity index is 760.